The van der Waals surface area contributed by atoms with Crippen LogP contribution in [0.3, 0.4) is 0 Å². The molecule has 5 heteroatoms. The Morgan fingerprint density at radius 3 is 0.720 bits per heavy atom. The van der Waals surface area contributed by atoms with Crippen molar-refractivity contribution in [1.82, 2.24) is 0 Å². The smallest absolute Gasteiger partial charge is 0.0466 e. The molecule has 1 aliphatic heterocycles. The summed E-state index contributed by atoms with van der Waals surface area (Å²) >= 11 is 6.85. The van der Waals surface area contributed by atoms with E-state index in [0.717, 1.165) is 13.2 Å². The van der Waals surface area contributed by atoms with E-state index in [-0.39, 0.29) is 0 Å². The highest BCUT2D eigenvalue weighted by atomic mass is 32.1. The monoisotopic (exact) mass is 408 g/mol. The Morgan fingerprint density at radius 1 is 0.400 bits per heavy atom. The van der Waals surface area contributed by atoms with E-state index in [4.69, 9.17) is 4.74 Å². The molecule has 1 nitrogen and oxygen atoms in total. The van der Waals surface area contributed by atoms with E-state index in [1.54, 1.807) is 45.3 Å². The lowest BCUT2D eigenvalue weighted by molar-refractivity contribution is 0.198. The lowest BCUT2D eigenvalue weighted by atomic mass is 10.4. The van der Waals surface area contributed by atoms with Gasteiger partial charge in [-0.25, -0.2) is 0 Å². The van der Waals surface area contributed by atoms with Crippen molar-refractivity contribution in [2.45, 2.75) is 12.8 Å². The second-order valence-corrected chi connectivity index (χ2v) is 7.76. The fourth-order valence-electron chi connectivity index (χ4n) is 1.42. The second-order valence-electron chi connectivity index (χ2n) is 4.49. The molecular formula is C20H24OS4. The maximum atomic E-state index is 4.94. The van der Waals surface area contributed by atoms with E-state index in [2.05, 4.69) is 0 Å². The van der Waals surface area contributed by atoms with E-state index < -0.39 is 0 Å². The normalized spacial score (nSPS) is 11.2. The zero-order chi connectivity index (χ0) is 17.7. The van der Waals surface area contributed by atoms with Crippen molar-refractivity contribution in [3.63, 3.8) is 0 Å². The van der Waals surface area contributed by atoms with Gasteiger partial charge in [0.15, 0.2) is 0 Å². The van der Waals surface area contributed by atoms with Gasteiger partial charge in [0, 0.05) is 13.2 Å². The number of ether oxygens (including phenoxy) is 1. The predicted octanol–water partition coefficient (Wildman–Crippen LogP) is 7.79. The van der Waals surface area contributed by atoms with Gasteiger partial charge in [-0.3, -0.25) is 0 Å². The summed E-state index contributed by atoms with van der Waals surface area (Å²) in [5.41, 5.74) is 0. The van der Waals surface area contributed by atoms with E-state index in [9.17, 15) is 0 Å². The van der Waals surface area contributed by atoms with Crippen LogP contribution in [-0.2, 0) is 4.74 Å². The SMILES string of the molecule is C1CCOC1.c1ccsc1.c1ccsc1.c1ccsc1.c1ccsc1. The van der Waals surface area contributed by atoms with Crippen LogP contribution in [0.5, 0.6) is 0 Å². The minimum absolute atomic E-state index is 1.00. The quantitative estimate of drug-likeness (QED) is 0.288. The van der Waals surface area contributed by atoms with Crippen molar-refractivity contribution >= 4 is 45.3 Å². The highest BCUT2D eigenvalue weighted by molar-refractivity contribution is 7.08. The molecule has 4 aromatic rings. The van der Waals surface area contributed by atoms with Crippen molar-refractivity contribution in [3.05, 3.63) is 91.6 Å². The highest BCUT2D eigenvalue weighted by Gasteiger charge is 1.94. The zero-order valence-corrected chi connectivity index (χ0v) is 17.4. The fourth-order valence-corrected chi connectivity index (χ4v) is 3.23. The Morgan fingerprint density at radius 2 is 0.640 bits per heavy atom. The molecule has 0 N–H and O–H groups in total. The largest absolute Gasteiger partial charge is 0.381 e. The van der Waals surface area contributed by atoms with Crippen molar-refractivity contribution in [1.29, 1.82) is 0 Å². The summed E-state index contributed by atoms with van der Waals surface area (Å²) in [4.78, 5) is 0. The minimum atomic E-state index is 1.00. The van der Waals surface area contributed by atoms with Gasteiger partial charge in [0.2, 0.25) is 0 Å². The molecule has 0 aliphatic carbocycles. The molecule has 0 radical (unpaired) electrons. The number of hydrogen-bond acceptors (Lipinski definition) is 5. The van der Waals surface area contributed by atoms with E-state index in [0.29, 0.717) is 0 Å². The molecule has 5 rings (SSSR count). The first-order valence-corrected chi connectivity index (χ1v) is 11.7. The van der Waals surface area contributed by atoms with Gasteiger partial charge in [0.1, 0.15) is 0 Å². The Balaban J connectivity index is 0.000000156. The van der Waals surface area contributed by atoms with Crippen LogP contribution in [0, 0.1) is 0 Å². The molecule has 0 amide bonds. The van der Waals surface area contributed by atoms with Crippen LogP contribution in [0.1, 0.15) is 12.8 Å². The Bertz CT molecular complexity index is 413. The molecule has 4 aromatic heterocycles. The van der Waals surface area contributed by atoms with Crippen LogP contribution < -0.4 is 0 Å². The summed E-state index contributed by atoms with van der Waals surface area (Å²) in [6.07, 6.45) is 2.56. The van der Waals surface area contributed by atoms with E-state index in [1.807, 2.05) is 91.6 Å². The van der Waals surface area contributed by atoms with Gasteiger partial charge in [-0.1, -0.05) is 48.5 Å². The third-order valence-corrected chi connectivity index (χ3v) is 5.04. The Labute approximate surface area is 167 Å². The van der Waals surface area contributed by atoms with Crippen LogP contribution in [0.4, 0.5) is 0 Å². The summed E-state index contributed by atoms with van der Waals surface area (Å²) in [5, 5.41) is 16.3. The van der Waals surface area contributed by atoms with Gasteiger partial charge in [-0.15, -0.1) is 0 Å². The first-order chi connectivity index (χ1) is 12.5. The van der Waals surface area contributed by atoms with Gasteiger partial charge in [-0.05, 0) is 55.9 Å². The van der Waals surface area contributed by atoms with E-state index in [1.165, 1.54) is 12.8 Å². The van der Waals surface area contributed by atoms with Gasteiger partial charge < -0.3 is 4.74 Å². The van der Waals surface area contributed by atoms with Gasteiger partial charge in [-0.2, -0.15) is 45.3 Å². The van der Waals surface area contributed by atoms with Gasteiger partial charge in [0.05, 0.1) is 0 Å². The van der Waals surface area contributed by atoms with Crippen LogP contribution >= 0.6 is 45.3 Å². The average Bonchev–Trinajstić information content (AvgIpc) is 3.55. The van der Waals surface area contributed by atoms with Crippen LogP contribution in [0.15, 0.2) is 91.6 Å². The van der Waals surface area contributed by atoms with Crippen molar-refractivity contribution in [2.24, 2.45) is 0 Å². The third kappa shape index (κ3) is 17.4. The van der Waals surface area contributed by atoms with Gasteiger partial charge >= 0.3 is 0 Å². The standard InChI is InChI=1S/C4H8O.4C4H4S/c5*1-2-4-5-3-1/h1-4H2;4*1-4H. The molecular weight excluding hydrogens is 384 g/mol. The highest BCUT2D eigenvalue weighted by Crippen LogP contribution is 1.98. The topological polar surface area (TPSA) is 9.23 Å². The molecule has 5 heterocycles. The zero-order valence-electron chi connectivity index (χ0n) is 14.1. The van der Waals surface area contributed by atoms with Crippen molar-refractivity contribution in [3.8, 4) is 0 Å². The number of hydrogen-bond donors (Lipinski definition) is 0. The second kappa shape index (κ2) is 19.1. The predicted molar refractivity (Wildman–Crippen MR) is 117 cm³/mol. The number of thiophene rings is 4. The van der Waals surface area contributed by atoms with Crippen molar-refractivity contribution in [2.75, 3.05) is 13.2 Å². The maximum absolute atomic E-state index is 4.94. The molecule has 1 aliphatic rings. The van der Waals surface area contributed by atoms with Gasteiger partial charge in [0.25, 0.3) is 0 Å². The third-order valence-electron chi connectivity index (χ3n) is 2.53. The van der Waals surface area contributed by atoms with Crippen LogP contribution in [-0.4, -0.2) is 13.2 Å². The molecule has 134 valence electrons. The molecule has 1 fully saturated rings. The average molecular weight is 409 g/mol. The summed E-state index contributed by atoms with van der Waals surface area (Å²) in [5.74, 6) is 0. The number of rotatable bonds is 0. The minimum Gasteiger partial charge on any atom is -0.381 e. The molecule has 0 atom stereocenters. The molecule has 1 saturated heterocycles. The lowest BCUT2D eigenvalue weighted by Crippen LogP contribution is -1.74. The molecule has 0 aromatic carbocycles. The molecule has 0 spiro atoms. The molecule has 0 unspecified atom stereocenters. The fraction of sp³-hybridized carbons (Fsp3) is 0.200. The first kappa shape index (κ1) is 21.8. The van der Waals surface area contributed by atoms with Crippen LogP contribution in [0.25, 0.3) is 0 Å². The molecule has 0 saturated carbocycles. The van der Waals surface area contributed by atoms with Crippen molar-refractivity contribution < 1.29 is 4.74 Å². The summed E-state index contributed by atoms with van der Waals surface area (Å²) < 4.78 is 4.94. The van der Waals surface area contributed by atoms with Crippen LogP contribution in [0.2, 0.25) is 0 Å². The molecule has 0 bridgehead atoms. The maximum Gasteiger partial charge on any atom is 0.0466 e. The Hall–Kier alpha value is -1.24. The first-order valence-electron chi connectivity index (χ1n) is 7.96. The van der Waals surface area contributed by atoms with E-state index >= 15 is 0 Å². The lowest BCUT2D eigenvalue weighted by Gasteiger charge is -1.76. The molecule has 25 heavy (non-hydrogen) atoms. The summed E-state index contributed by atoms with van der Waals surface area (Å²) in [7, 11) is 0. The summed E-state index contributed by atoms with van der Waals surface area (Å²) in [6.45, 7) is 2.00. The Kier molecular flexibility index (Phi) is 16.6. The summed E-state index contributed by atoms with van der Waals surface area (Å²) in [6, 6.07) is 16.1.